The lowest BCUT2D eigenvalue weighted by Crippen LogP contribution is -2.04. The number of hydrogen-bond acceptors (Lipinski definition) is 5. The lowest BCUT2D eigenvalue weighted by molar-refractivity contribution is 0.216. The molecule has 0 fully saturated rings. The van der Waals surface area contributed by atoms with Crippen LogP contribution in [-0.4, -0.2) is 15.4 Å². The number of aromatic nitrogens is 2. The summed E-state index contributed by atoms with van der Waals surface area (Å²) < 4.78 is 10.8. The zero-order chi connectivity index (χ0) is 19.8. The summed E-state index contributed by atoms with van der Waals surface area (Å²) in [5, 5.41) is 20.8. The van der Waals surface area contributed by atoms with E-state index < -0.39 is 6.10 Å². The predicted octanol–water partition coefficient (Wildman–Crippen LogP) is 6.00. The first-order valence-corrected chi connectivity index (χ1v) is 9.33. The van der Waals surface area contributed by atoms with Crippen molar-refractivity contribution >= 4 is 23.2 Å². The maximum Gasteiger partial charge on any atom is 0.140 e. The number of aliphatic hydroxyl groups excluding tert-OH is 1. The molecule has 0 aliphatic carbocycles. The van der Waals surface area contributed by atoms with E-state index in [1.807, 2.05) is 24.3 Å². The second-order valence-corrected chi connectivity index (χ2v) is 7.29. The maximum absolute atomic E-state index is 11.3. The molecule has 0 bridgehead atoms. The molecule has 0 saturated heterocycles. The first kappa shape index (κ1) is 18.7. The van der Waals surface area contributed by atoms with Crippen LogP contribution in [-0.2, 0) is 0 Å². The molecule has 2 heterocycles. The van der Waals surface area contributed by atoms with E-state index in [0.717, 1.165) is 11.1 Å². The van der Waals surface area contributed by atoms with Crippen molar-refractivity contribution in [3.63, 3.8) is 0 Å². The summed E-state index contributed by atoms with van der Waals surface area (Å²) in [7, 11) is 0. The fourth-order valence-electron chi connectivity index (χ4n) is 3.18. The molecule has 28 heavy (non-hydrogen) atoms. The average molecular weight is 415 g/mol. The van der Waals surface area contributed by atoms with Crippen LogP contribution < -0.4 is 0 Å². The third-order valence-corrected chi connectivity index (χ3v) is 5.10. The standard InChI is InChI=1S/C21H16Cl2N2O3/c1-11-17(19(24-27-11)13-3-7-15(22)8-4-13)21(26)18-12(2)28-25-20(18)14-5-9-16(23)10-6-14/h3-10,21,26H,1-2H3. The van der Waals surface area contributed by atoms with E-state index in [4.69, 9.17) is 32.2 Å². The van der Waals surface area contributed by atoms with E-state index in [-0.39, 0.29) is 0 Å². The Bertz CT molecular complexity index is 1030. The van der Waals surface area contributed by atoms with Gasteiger partial charge in [-0.25, -0.2) is 0 Å². The fourth-order valence-corrected chi connectivity index (χ4v) is 3.43. The van der Waals surface area contributed by atoms with Crippen LogP contribution in [0.1, 0.15) is 28.8 Å². The number of halogens is 2. The summed E-state index contributed by atoms with van der Waals surface area (Å²) in [5.41, 5.74) is 3.79. The Balaban J connectivity index is 1.83. The van der Waals surface area contributed by atoms with Gasteiger partial charge in [0.1, 0.15) is 29.0 Å². The van der Waals surface area contributed by atoms with Crippen LogP contribution in [0.25, 0.3) is 22.5 Å². The summed E-state index contributed by atoms with van der Waals surface area (Å²) in [6, 6.07) is 14.4. The Morgan fingerprint density at radius 3 is 1.43 bits per heavy atom. The lowest BCUT2D eigenvalue weighted by atomic mass is 9.93. The van der Waals surface area contributed by atoms with E-state index in [9.17, 15) is 5.11 Å². The number of rotatable bonds is 4. The molecular formula is C21H16Cl2N2O3. The van der Waals surface area contributed by atoms with E-state index in [0.29, 0.717) is 44.1 Å². The second kappa shape index (κ2) is 7.43. The van der Waals surface area contributed by atoms with Gasteiger partial charge in [-0.3, -0.25) is 0 Å². The molecule has 4 rings (SSSR count). The van der Waals surface area contributed by atoms with Crippen LogP contribution in [0, 0.1) is 13.8 Å². The lowest BCUT2D eigenvalue weighted by Gasteiger charge is -2.12. The zero-order valence-electron chi connectivity index (χ0n) is 15.1. The van der Waals surface area contributed by atoms with Gasteiger partial charge in [0.15, 0.2) is 0 Å². The van der Waals surface area contributed by atoms with E-state index in [1.54, 1.807) is 38.1 Å². The highest BCUT2D eigenvalue weighted by Crippen LogP contribution is 2.39. The molecule has 4 aromatic rings. The summed E-state index contributed by atoms with van der Waals surface area (Å²) in [4.78, 5) is 0. The van der Waals surface area contributed by atoms with Gasteiger partial charge in [-0.1, -0.05) is 57.8 Å². The van der Waals surface area contributed by atoms with Crippen molar-refractivity contribution in [2.75, 3.05) is 0 Å². The number of aryl methyl sites for hydroxylation is 2. The Kier molecular flexibility index (Phi) is 4.98. The predicted molar refractivity (Wildman–Crippen MR) is 107 cm³/mol. The second-order valence-electron chi connectivity index (χ2n) is 6.42. The number of aliphatic hydroxyl groups is 1. The molecule has 2 aromatic carbocycles. The minimum absolute atomic E-state index is 0.514. The molecule has 2 aromatic heterocycles. The number of nitrogens with zero attached hydrogens (tertiary/aromatic N) is 2. The highest BCUT2D eigenvalue weighted by Gasteiger charge is 2.29. The molecule has 5 nitrogen and oxygen atoms in total. The average Bonchev–Trinajstić information content (AvgIpc) is 3.25. The van der Waals surface area contributed by atoms with Crippen molar-refractivity contribution in [2.45, 2.75) is 20.0 Å². The molecule has 142 valence electrons. The molecule has 0 radical (unpaired) electrons. The smallest absolute Gasteiger partial charge is 0.140 e. The quantitative estimate of drug-likeness (QED) is 0.443. The van der Waals surface area contributed by atoms with Gasteiger partial charge in [-0.05, 0) is 38.1 Å². The minimum atomic E-state index is -1.03. The molecule has 0 amide bonds. The zero-order valence-corrected chi connectivity index (χ0v) is 16.6. The number of benzene rings is 2. The topological polar surface area (TPSA) is 72.3 Å². The first-order chi connectivity index (χ1) is 13.5. The van der Waals surface area contributed by atoms with Crippen molar-refractivity contribution in [1.29, 1.82) is 0 Å². The van der Waals surface area contributed by atoms with Gasteiger partial charge >= 0.3 is 0 Å². The Hall–Kier alpha value is -2.60. The van der Waals surface area contributed by atoms with E-state index in [2.05, 4.69) is 10.3 Å². The van der Waals surface area contributed by atoms with Crippen LogP contribution in [0.5, 0.6) is 0 Å². The van der Waals surface area contributed by atoms with E-state index >= 15 is 0 Å². The summed E-state index contributed by atoms with van der Waals surface area (Å²) in [6.45, 7) is 3.52. The summed E-state index contributed by atoms with van der Waals surface area (Å²) >= 11 is 12.0. The largest absolute Gasteiger partial charge is 0.383 e. The first-order valence-electron chi connectivity index (χ1n) is 8.58. The molecular weight excluding hydrogens is 399 g/mol. The highest BCUT2D eigenvalue weighted by molar-refractivity contribution is 6.30. The summed E-state index contributed by atoms with van der Waals surface area (Å²) in [6.07, 6.45) is -1.03. The molecule has 7 heteroatoms. The van der Waals surface area contributed by atoms with Crippen molar-refractivity contribution < 1.29 is 14.2 Å². The van der Waals surface area contributed by atoms with Crippen LogP contribution in [0.15, 0.2) is 57.6 Å². The molecule has 0 aliphatic heterocycles. The molecule has 0 atom stereocenters. The van der Waals surface area contributed by atoms with Crippen LogP contribution in [0.2, 0.25) is 10.0 Å². The molecule has 0 spiro atoms. The van der Waals surface area contributed by atoms with Crippen LogP contribution in [0.3, 0.4) is 0 Å². The SMILES string of the molecule is Cc1onc(-c2ccc(Cl)cc2)c1C(O)c1c(-c2ccc(Cl)cc2)noc1C. The van der Waals surface area contributed by atoms with Gasteiger partial charge in [-0.2, -0.15) is 0 Å². The van der Waals surface area contributed by atoms with Gasteiger partial charge < -0.3 is 14.2 Å². The van der Waals surface area contributed by atoms with Crippen LogP contribution >= 0.6 is 23.2 Å². The molecule has 0 unspecified atom stereocenters. The van der Waals surface area contributed by atoms with E-state index in [1.165, 1.54) is 0 Å². The highest BCUT2D eigenvalue weighted by atomic mass is 35.5. The monoisotopic (exact) mass is 414 g/mol. The maximum atomic E-state index is 11.3. The van der Waals surface area contributed by atoms with Crippen molar-refractivity contribution in [3.05, 3.63) is 81.2 Å². The van der Waals surface area contributed by atoms with Gasteiger partial charge in [0.25, 0.3) is 0 Å². The molecule has 0 saturated carbocycles. The third kappa shape index (κ3) is 3.33. The summed E-state index contributed by atoms with van der Waals surface area (Å²) in [5.74, 6) is 1.03. The van der Waals surface area contributed by atoms with Crippen molar-refractivity contribution in [3.8, 4) is 22.5 Å². The van der Waals surface area contributed by atoms with Crippen molar-refractivity contribution in [2.24, 2.45) is 0 Å². The fraction of sp³-hybridized carbons (Fsp3) is 0.143. The molecule has 1 N–H and O–H groups in total. The normalized spacial score (nSPS) is 11.4. The Labute approximate surface area is 171 Å². The molecule has 0 aliphatic rings. The Morgan fingerprint density at radius 1 is 0.714 bits per heavy atom. The van der Waals surface area contributed by atoms with Gasteiger partial charge in [0.05, 0.1) is 11.1 Å². The third-order valence-electron chi connectivity index (χ3n) is 4.60. The van der Waals surface area contributed by atoms with Gasteiger partial charge in [0.2, 0.25) is 0 Å². The Morgan fingerprint density at radius 2 is 1.07 bits per heavy atom. The van der Waals surface area contributed by atoms with Gasteiger partial charge in [0, 0.05) is 21.2 Å². The van der Waals surface area contributed by atoms with Crippen molar-refractivity contribution in [1.82, 2.24) is 10.3 Å². The van der Waals surface area contributed by atoms with Gasteiger partial charge in [-0.15, -0.1) is 0 Å². The van der Waals surface area contributed by atoms with Crippen LogP contribution in [0.4, 0.5) is 0 Å². The number of hydrogen-bond donors (Lipinski definition) is 1. The minimum Gasteiger partial charge on any atom is -0.383 e.